The van der Waals surface area contributed by atoms with Crippen LogP contribution in [0.3, 0.4) is 0 Å². The lowest BCUT2D eigenvalue weighted by atomic mass is 10.2. The summed E-state index contributed by atoms with van der Waals surface area (Å²) in [5, 5.41) is 20.3. The van der Waals surface area contributed by atoms with Crippen LogP contribution in [0.5, 0.6) is 0 Å². The normalized spacial score (nSPS) is 10.3. The summed E-state index contributed by atoms with van der Waals surface area (Å²) in [6.07, 6.45) is 3.56. The minimum absolute atomic E-state index is 0.00525. The van der Waals surface area contributed by atoms with Gasteiger partial charge in [0, 0.05) is 19.3 Å². The molecule has 0 aromatic carbocycles. The van der Waals surface area contributed by atoms with E-state index in [1.54, 1.807) is 0 Å². The van der Waals surface area contributed by atoms with Gasteiger partial charge in [-0.15, -0.1) is 10.2 Å². The van der Waals surface area contributed by atoms with Gasteiger partial charge in [-0.2, -0.15) is 0 Å². The van der Waals surface area contributed by atoms with Crippen LogP contribution >= 0.6 is 11.3 Å². The van der Waals surface area contributed by atoms with Crippen LogP contribution in [0.15, 0.2) is 0 Å². The Morgan fingerprint density at radius 2 is 2.06 bits per heavy atom. The zero-order valence-electron chi connectivity index (χ0n) is 10.3. The molecule has 0 bridgehead atoms. The molecule has 0 aliphatic rings. The molecule has 0 spiro atoms. The summed E-state index contributed by atoms with van der Waals surface area (Å²) in [6, 6.07) is 0. The summed E-state index contributed by atoms with van der Waals surface area (Å²) < 4.78 is 0. The predicted octanol–water partition coefficient (Wildman–Crippen LogP) is 2.07. The molecule has 7 heteroatoms. The number of aryl methyl sites for hydroxylation is 1. The van der Waals surface area contributed by atoms with Crippen LogP contribution in [0, 0.1) is 0 Å². The summed E-state index contributed by atoms with van der Waals surface area (Å²) >= 11 is 1.37. The highest BCUT2D eigenvalue weighted by molar-refractivity contribution is 7.15. The number of carboxylic acid groups (broad SMARTS) is 1. The number of hydrogen-bond acceptors (Lipinski definition) is 5. The molecule has 0 aliphatic heterocycles. The van der Waals surface area contributed by atoms with Crippen molar-refractivity contribution in [3.05, 3.63) is 5.01 Å². The highest BCUT2D eigenvalue weighted by atomic mass is 32.1. The first kappa shape index (κ1) is 14.6. The smallest absolute Gasteiger partial charge is 0.303 e. The number of nitrogens with one attached hydrogen (secondary N) is 1. The van der Waals surface area contributed by atoms with E-state index in [4.69, 9.17) is 5.11 Å². The third-order valence-electron chi connectivity index (χ3n) is 2.25. The number of anilines is 1. The molecule has 0 fully saturated rings. The van der Waals surface area contributed by atoms with E-state index in [2.05, 4.69) is 22.4 Å². The van der Waals surface area contributed by atoms with E-state index in [1.807, 2.05) is 0 Å². The fraction of sp³-hybridized carbons (Fsp3) is 0.636. The Morgan fingerprint density at radius 3 is 2.72 bits per heavy atom. The fourth-order valence-electron chi connectivity index (χ4n) is 1.32. The Hall–Kier alpha value is -1.50. The molecule has 0 saturated carbocycles. The van der Waals surface area contributed by atoms with Crippen molar-refractivity contribution in [1.29, 1.82) is 0 Å². The van der Waals surface area contributed by atoms with Gasteiger partial charge in [-0.05, 0) is 12.8 Å². The van der Waals surface area contributed by atoms with Gasteiger partial charge in [0.25, 0.3) is 0 Å². The summed E-state index contributed by atoms with van der Waals surface area (Å²) in [7, 11) is 0. The standard InChI is InChI=1S/C11H17N3O3S/c1-2-3-6-9-13-14-11(18-9)12-8(15)5-4-7-10(16)17/h2-7H2,1H3,(H,16,17)(H,12,14,15). The minimum atomic E-state index is -0.888. The maximum absolute atomic E-state index is 11.5. The topological polar surface area (TPSA) is 92.2 Å². The number of amides is 1. The van der Waals surface area contributed by atoms with Crippen molar-refractivity contribution >= 4 is 28.3 Å². The number of rotatable bonds is 8. The molecule has 1 aromatic heterocycles. The van der Waals surface area contributed by atoms with Crippen molar-refractivity contribution in [3.63, 3.8) is 0 Å². The van der Waals surface area contributed by atoms with Crippen molar-refractivity contribution in [1.82, 2.24) is 10.2 Å². The first-order valence-corrected chi connectivity index (χ1v) is 6.77. The first-order chi connectivity index (χ1) is 8.61. The molecule has 100 valence electrons. The van der Waals surface area contributed by atoms with Gasteiger partial charge in [-0.25, -0.2) is 0 Å². The van der Waals surface area contributed by atoms with Gasteiger partial charge in [-0.1, -0.05) is 24.7 Å². The molecule has 6 nitrogen and oxygen atoms in total. The average molecular weight is 271 g/mol. The maximum atomic E-state index is 11.5. The molecule has 18 heavy (non-hydrogen) atoms. The van der Waals surface area contributed by atoms with Gasteiger partial charge in [-0.3, -0.25) is 9.59 Å². The number of aromatic nitrogens is 2. The highest BCUT2D eigenvalue weighted by Gasteiger charge is 2.08. The number of carboxylic acids is 1. The van der Waals surface area contributed by atoms with E-state index in [0.717, 1.165) is 24.3 Å². The molecule has 0 aliphatic carbocycles. The molecule has 1 amide bonds. The van der Waals surface area contributed by atoms with Crippen molar-refractivity contribution in [3.8, 4) is 0 Å². The van der Waals surface area contributed by atoms with E-state index in [1.165, 1.54) is 11.3 Å². The highest BCUT2D eigenvalue weighted by Crippen LogP contribution is 2.17. The van der Waals surface area contributed by atoms with E-state index < -0.39 is 5.97 Å². The first-order valence-electron chi connectivity index (χ1n) is 5.96. The molecular formula is C11H17N3O3S. The molecule has 0 atom stereocenters. The van der Waals surface area contributed by atoms with Crippen LogP contribution in [0.1, 0.15) is 44.0 Å². The van der Waals surface area contributed by atoms with E-state index >= 15 is 0 Å². The molecule has 0 radical (unpaired) electrons. The van der Waals surface area contributed by atoms with E-state index in [-0.39, 0.29) is 18.7 Å². The van der Waals surface area contributed by atoms with Gasteiger partial charge in [0.15, 0.2) is 0 Å². The SMILES string of the molecule is CCCCc1nnc(NC(=O)CCCC(=O)O)s1. The van der Waals surface area contributed by atoms with E-state index in [0.29, 0.717) is 11.6 Å². The second-order valence-corrected chi connectivity index (χ2v) is 4.96. The number of hydrogen-bond donors (Lipinski definition) is 2. The molecule has 1 rings (SSSR count). The van der Waals surface area contributed by atoms with Crippen LogP contribution < -0.4 is 5.32 Å². The number of carbonyl (C=O) groups excluding carboxylic acids is 1. The van der Waals surface area contributed by atoms with E-state index in [9.17, 15) is 9.59 Å². The molecule has 2 N–H and O–H groups in total. The second-order valence-electron chi connectivity index (χ2n) is 3.90. The summed E-state index contributed by atoms with van der Waals surface area (Å²) in [5.74, 6) is -1.10. The van der Waals surface area contributed by atoms with Crippen molar-refractivity contribution in [2.75, 3.05) is 5.32 Å². The number of carbonyl (C=O) groups is 2. The van der Waals surface area contributed by atoms with Crippen LogP contribution in [0.25, 0.3) is 0 Å². The minimum Gasteiger partial charge on any atom is -0.481 e. The Labute approximate surface area is 109 Å². The van der Waals surface area contributed by atoms with Gasteiger partial charge >= 0.3 is 5.97 Å². The zero-order valence-corrected chi connectivity index (χ0v) is 11.1. The number of aliphatic carboxylic acids is 1. The van der Waals surface area contributed by atoms with Crippen LogP contribution in [-0.4, -0.2) is 27.2 Å². The quantitative estimate of drug-likeness (QED) is 0.755. The molecule has 1 aromatic rings. The van der Waals surface area contributed by atoms with Crippen LogP contribution in [-0.2, 0) is 16.0 Å². The molecular weight excluding hydrogens is 254 g/mol. The fourth-order valence-corrected chi connectivity index (χ4v) is 2.11. The second kappa shape index (κ2) is 7.75. The summed E-state index contributed by atoms with van der Waals surface area (Å²) in [6.45, 7) is 2.10. The average Bonchev–Trinajstić information content (AvgIpc) is 2.73. The molecule has 0 saturated heterocycles. The summed E-state index contributed by atoms with van der Waals surface area (Å²) in [5.41, 5.74) is 0. The predicted molar refractivity (Wildman–Crippen MR) is 68.6 cm³/mol. The summed E-state index contributed by atoms with van der Waals surface area (Å²) in [4.78, 5) is 21.7. The van der Waals surface area contributed by atoms with Crippen molar-refractivity contribution in [2.24, 2.45) is 0 Å². The Balaban J connectivity index is 2.30. The van der Waals surface area contributed by atoms with Crippen LogP contribution in [0.2, 0.25) is 0 Å². The zero-order chi connectivity index (χ0) is 13.4. The van der Waals surface area contributed by atoms with Gasteiger partial charge in [0.05, 0.1) is 0 Å². The monoisotopic (exact) mass is 271 g/mol. The third kappa shape index (κ3) is 5.72. The lowest BCUT2D eigenvalue weighted by molar-refractivity contribution is -0.137. The largest absolute Gasteiger partial charge is 0.481 e. The van der Waals surface area contributed by atoms with Crippen molar-refractivity contribution < 1.29 is 14.7 Å². The number of nitrogens with zero attached hydrogens (tertiary/aromatic N) is 2. The van der Waals surface area contributed by atoms with Gasteiger partial charge in [0.1, 0.15) is 5.01 Å². The Kier molecular flexibility index (Phi) is 6.27. The Bertz CT molecular complexity index is 406. The Morgan fingerprint density at radius 1 is 1.28 bits per heavy atom. The van der Waals surface area contributed by atoms with Gasteiger partial charge < -0.3 is 10.4 Å². The lowest BCUT2D eigenvalue weighted by Gasteiger charge is -1.98. The van der Waals surface area contributed by atoms with Gasteiger partial charge in [0.2, 0.25) is 11.0 Å². The molecule has 1 heterocycles. The third-order valence-corrected chi connectivity index (χ3v) is 3.15. The number of unbranched alkanes of at least 4 members (excludes halogenated alkanes) is 1. The van der Waals surface area contributed by atoms with Crippen LogP contribution in [0.4, 0.5) is 5.13 Å². The van der Waals surface area contributed by atoms with Crippen molar-refractivity contribution in [2.45, 2.75) is 45.4 Å². The molecule has 0 unspecified atom stereocenters. The lowest BCUT2D eigenvalue weighted by Crippen LogP contribution is -2.11. The maximum Gasteiger partial charge on any atom is 0.303 e.